The molecule has 0 spiro atoms. The fourth-order valence-electron chi connectivity index (χ4n) is 3.89. The van der Waals surface area contributed by atoms with Crippen molar-refractivity contribution < 1.29 is 27.8 Å². The molecule has 0 amide bonds. The monoisotopic (exact) mass is 443 g/mol. The third kappa shape index (κ3) is 2.88. The second kappa shape index (κ2) is 7.00. The molecule has 0 fully saturated rings. The van der Waals surface area contributed by atoms with Gasteiger partial charge in [0.15, 0.2) is 0 Å². The fourth-order valence-corrected chi connectivity index (χ4v) is 3.89. The fraction of sp³-hybridized carbons (Fsp3) is 0.190. The number of nitrogens with zero attached hydrogens (tertiary/aromatic N) is 3. The van der Waals surface area contributed by atoms with E-state index in [0.717, 1.165) is 10.8 Å². The Bertz CT molecular complexity index is 1430. The molecule has 8 nitrogen and oxygen atoms in total. The molecular weight excluding hydrogens is 427 g/mol. The zero-order chi connectivity index (χ0) is 23.4. The zero-order valence-electron chi connectivity index (χ0n) is 16.8. The molecule has 1 unspecified atom stereocenters. The second-order valence-electron chi connectivity index (χ2n) is 7.24. The third-order valence-electron chi connectivity index (χ3n) is 5.38. The lowest BCUT2D eigenvalue weighted by Gasteiger charge is -2.32. The number of aromatic amines is 1. The number of carboxylic acid groups (broad SMARTS) is 1. The van der Waals surface area contributed by atoms with E-state index in [0.29, 0.717) is 5.56 Å². The Kier molecular flexibility index (Phi) is 4.64. The van der Waals surface area contributed by atoms with Gasteiger partial charge in [-0.15, -0.1) is 0 Å². The van der Waals surface area contributed by atoms with E-state index < -0.39 is 29.2 Å². The first-order valence-electron chi connectivity index (χ1n) is 9.21. The van der Waals surface area contributed by atoms with Gasteiger partial charge in [-0.2, -0.15) is 18.4 Å². The number of aromatic nitrogens is 3. The van der Waals surface area contributed by atoms with Crippen molar-refractivity contribution >= 4 is 28.0 Å². The number of alkyl halides is 3. The van der Waals surface area contributed by atoms with Gasteiger partial charge in [0.25, 0.3) is 0 Å². The van der Waals surface area contributed by atoms with E-state index in [1.54, 1.807) is 6.92 Å². The highest BCUT2D eigenvalue weighted by atomic mass is 19.4. The molecule has 164 valence electrons. The molecule has 2 aromatic carbocycles. The molecular formula is C21H16F3N5O3. The first-order chi connectivity index (χ1) is 15.0. The molecule has 32 heavy (non-hydrogen) atoms. The molecule has 0 radical (unpaired) electrons. The van der Waals surface area contributed by atoms with Crippen LogP contribution in [-0.4, -0.2) is 39.0 Å². The van der Waals surface area contributed by atoms with E-state index in [1.807, 2.05) is 6.07 Å². The van der Waals surface area contributed by atoms with Crippen LogP contribution in [0, 0.1) is 18.3 Å². The van der Waals surface area contributed by atoms with Crippen LogP contribution in [0.5, 0.6) is 5.75 Å². The van der Waals surface area contributed by atoms with Crippen molar-refractivity contribution in [3.05, 3.63) is 59.0 Å². The number of nitrogens with two attached hydrogens (primary N) is 1. The number of ether oxygens (including phenoxy) is 1. The summed E-state index contributed by atoms with van der Waals surface area (Å²) in [6.45, 7) is 1.56. The molecule has 0 aliphatic heterocycles. The Morgan fingerprint density at radius 2 is 2.03 bits per heavy atom. The van der Waals surface area contributed by atoms with Gasteiger partial charge in [0.05, 0.1) is 35.3 Å². The van der Waals surface area contributed by atoms with Crippen molar-refractivity contribution in [3.8, 4) is 11.8 Å². The number of halogens is 3. The van der Waals surface area contributed by atoms with Gasteiger partial charge in [0.1, 0.15) is 11.6 Å². The van der Waals surface area contributed by atoms with Crippen LogP contribution in [0.1, 0.15) is 22.5 Å². The number of methoxy groups -OCH3 is 1. The third-order valence-corrected chi connectivity index (χ3v) is 5.38. The van der Waals surface area contributed by atoms with Crippen LogP contribution in [0.15, 0.2) is 36.5 Å². The number of imidazole rings is 1. The number of H-pyrrole nitrogens is 1. The SMILES string of the molecule is COc1cc(C)c2c(ccn2C(=O)O)c1C(N)(c1nc2ccc(C#N)cc2[nH]1)C(F)(F)F. The van der Waals surface area contributed by atoms with Gasteiger partial charge < -0.3 is 20.6 Å². The predicted octanol–water partition coefficient (Wildman–Crippen LogP) is 4.00. The average Bonchev–Trinajstić information content (AvgIpc) is 3.36. The largest absolute Gasteiger partial charge is 0.496 e. The van der Waals surface area contributed by atoms with E-state index in [-0.39, 0.29) is 33.2 Å². The molecule has 11 heteroatoms. The molecule has 2 aromatic heterocycles. The summed E-state index contributed by atoms with van der Waals surface area (Å²) >= 11 is 0. The van der Waals surface area contributed by atoms with Gasteiger partial charge in [-0.1, -0.05) is 0 Å². The molecule has 2 heterocycles. The van der Waals surface area contributed by atoms with E-state index in [9.17, 15) is 23.1 Å². The molecule has 0 bridgehead atoms. The van der Waals surface area contributed by atoms with Crippen LogP contribution >= 0.6 is 0 Å². The van der Waals surface area contributed by atoms with Gasteiger partial charge in [-0.3, -0.25) is 4.57 Å². The van der Waals surface area contributed by atoms with Crippen LogP contribution in [0.3, 0.4) is 0 Å². The van der Waals surface area contributed by atoms with Crippen molar-refractivity contribution in [3.63, 3.8) is 0 Å². The minimum absolute atomic E-state index is 0.0396. The van der Waals surface area contributed by atoms with Crippen LogP contribution in [0.25, 0.3) is 21.9 Å². The standard InChI is InChI=1S/C21H16F3N5O3/c1-10-7-15(32-2)16(12-5-6-29(17(10)12)19(30)31)20(26,21(22,23)24)18-27-13-4-3-11(9-25)8-14(13)28-18/h3-8H,26H2,1-2H3,(H,27,28)(H,30,31). The Morgan fingerprint density at radius 3 is 2.62 bits per heavy atom. The summed E-state index contributed by atoms with van der Waals surface area (Å²) < 4.78 is 50.0. The Balaban J connectivity index is 2.13. The summed E-state index contributed by atoms with van der Waals surface area (Å²) in [5.41, 5.74) is 3.51. The summed E-state index contributed by atoms with van der Waals surface area (Å²) in [5.74, 6) is -0.794. The zero-order valence-corrected chi connectivity index (χ0v) is 16.8. The topological polar surface area (TPSA) is 130 Å². The Hall–Kier alpha value is -4.04. The highest BCUT2D eigenvalue weighted by Gasteiger charge is 2.59. The van der Waals surface area contributed by atoms with E-state index in [4.69, 9.17) is 15.7 Å². The molecule has 4 N–H and O–H groups in total. The number of rotatable bonds is 3. The maximum Gasteiger partial charge on any atom is 0.418 e. The first-order valence-corrected chi connectivity index (χ1v) is 9.21. The molecule has 1 atom stereocenters. The predicted molar refractivity (Wildman–Crippen MR) is 108 cm³/mol. The molecule has 0 aliphatic rings. The maximum absolute atomic E-state index is 14.6. The van der Waals surface area contributed by atoms with E-state index >= 15 is 0 Å². The number of nitrogens with one attached hydrogen (secondary N) is 1. The number of benzene rings is 2. The quantitative estimate of drug-likeness (QED) is 0.439. The lowest BCUT2D eigenvalue weighted by molar-refractivity contribution is -0.178. The van der Waals surface area contributed by atoms with Crippen molar-refractivity contribution in [2.45, 2.75) is 18.6 Å². The summed E-state index contributed by atoms with van der Waals surface area (Å²) in [4.78, 5) is 18.3. The molecule has 4 aromatic rings. The number of aryl methyl sites for hydroxylation is 1. The highest BCUT2D eigenvalue weighted by molar-refractivity contribution is 5.95. The Labute approximate surface area is 178 Å². The lowest BCUT2D eigenvalue weighted by atomic mass is 9.85. The van der Waals surface area contributed by atoms with Crippen molar-refractivity contribution in [1.29, 1.82) is 5.26 Å². The molecule has 0 saturated heterocycles. The van der Waals surface area contributed by atoms with Gasteiger partial charge in [0, 0.05) is 17.1 Å². The van der Waals surface area contributed by atoms with Crippen LogP contribution in [0.4, 0.5) is 18.0 Å². The number of hydrogen-bond donors (Lipinski definition) is 3. The van der Waals surface area contributed by atoms with Gasteiger partial charge >= 0.3 is 12.3 Å². The first kappa shape index (κ1) is 21.2. The smallest absolute Gasteiger partial charge is 0.418 e. The second-order valence-corrected chi connectivity index (χ2v) is 7.24. The summed E-state index contributed by atoms with van der Waals surface area (Å²) in [6, 6.07) is 8.67. The molecule has 4 rings (SSSR count). The summed E-state index contributed by atoms with van der Waals surface area (Å²) in [7, 11) is 1.20. The van der Waals surface area contributed by atoms with Crippen molar-refractivity contribution in [2.24, 2.45) is 5.73 Å². The molecule has 0 aliphatic carbocycles. The Morgan fingerprint density at radius 1 is 1.31 bits per heavy atom. The van der Waals surface area contributed by atoms with E-state index in [2.05, 4.69) is 9.97 Å². The molecule has 0 saturated carbocycles. The van der Waals surface area contributed by atoms with Crippen LogP contribution in [-0.2, 0) is 5.54 Å². The van der Waals surface area contributed by atoms with Crippen LogP contribution in [0.2, 0.25) is 0 Å². The maximum atomic E-state index is 14.6. The highest BCUT2D eigenvalue weighted by Crippen LogP contribution is 2.48. The average molecular weight is 443 g/mol. The number of carbonyl (C=O) groups is 1. The number of nitriles is 1. The van der Waals surface area contributed by atoms with Gasteiger partial charge in [-0.05, 0) is 42.8 Å². The van der Waals surface area contributed by atoms with Crippen molar-refractivity contribution in [2.75, 3.05) is 7.11 Å². The van der Waals surface area contributed by atoms with Gasteiger partial charge in [-0.25, -0.2) is 9.78 Å². The minimum Gasteiger partial charge on any atom is -0.496 e. The number of fused-ring (bicyclic) bond motifs is 2. The number of hydrogen-bond acceptors (Lipinski definition) is 5. The van der Waals surface area contributed by atoms with E-state index in [1.165, 1.54) is 37.4 Å². The summed E-state index contributed by atoms with van der Waals surface area (Å²) in [6.07, 6.45) is -5.27. The lowest BCUT2D eigenvalue weighted by Crippen LogP contribution is -2.52. The normalized spacial score (nSPS) is 13.8. The van der Waals surface area contributed by atoms with Gasteiger partial charge in [0.2, 0.25) is 5.54 Å². The minimum atomic E-state index is -5.06. The summed E-state index contributed by atoms with van der Waals surface area (Å²) in [5, 5.41) is 18.5. The van der Waals surface area contributed by atoms with Crippen molar-refractivity contribution in [1.82, 2.24) is 14.5 Å². The van der Waals surface area contributed by atoms with Crippen LogP contribution < -0.4 is 10.5 Å².